The average Bonchev–Trinajstić information content (AvgIpc) is 2.58. The van der Waals surface area contributed by atoms with Crippen LogP contribution >= 0.6 is 7.82 Å². The first-order valence-electron chi connectivity index (χ1n) is 9.58. The second kappa shape index (κ2) is 11.0. The third-order valence-electron chi connectivity index (χ3n) is 4.34. The molecule has 0 aromatic heterocycles. The van der Waals surface area contributed by atoms with E-state index in [9.17, 15) is 4.57 Å². The summed E-state index contributed by atoms with van der Waals surface area (Å²) in [5.74, 6) is 1.10. The molecule has 150 valence electrons. The molecule has 5 nitrogen and oxygen atoms in total. The molecule has 26 heavy (non-hydrogen) atoms. The summed E-state index contributed by atoms with van der Waals surface area (Å²) >= 11 is 0. The van der Waals surface area contributed by atoms with Gasteiger partial charge < -0.3 is 9.26 Å². The van der Waals surface area contributed by atoms with Crippen molar-refractivity contribution < 1.29 is 22.9 Å². The second-order valence-corrected chi connectivity index (χ2v) is 8.56. The largest absolute Gasteiger partial charge is 0.530 e. The highest BCUT2D eigenvalue weighted by molar-refractivity contribution is 7.48. The van der Waals surface area contributed by atoms with Gasteiger partial charge in [0.05, 0.1) is 20.3 Å². The highest BCUT2D eigenvalue weighted by Crippen LogP contribution is 2.50. The fraction of sp³-hybridized carbons (Fsp3) is 0.700. The predicted molar refractivity (Wildman–Crippen MR) is 106 cm³/mol. The van der Waals surface area contributed by atoms with Gasteiger partial charge in [-0.25, -0.2) is 4.57 Å². The molecule has 1 aromatic carbocycles. The molecule has 6 heteroatoms. The topological polar surface area (TPSA) is 54.0 Å². The highest BCUT2D eigenvalue weighted by Gasteiger charge is 2.29. The third-order valence-corrected chi connectivity index (χ3v) is 5.93. The minimum Gasteiger partial charge on any atom is -0.497 e. The Labute approximate surface area is 159 Å². The molecule has 0 N–H and O–H groups in total. The molecule has 0 amide bonds. The number of phosphoric acid groups is 1. The third kappa shape index (κ3) is 7.30. The van der Waals surface area contributed by atoms with Gasteiger partial charge >= 0.3 is 7.82 Å². The second-order valence-electron chi connectivity index (χ2n) is 6.97. The van der Waals surface area contributed by atoms with E-state index in [4.69, 9.17) is 18.3 Å². The number of ether oxygens (including phenoxy) is 1. The molecule has 0 atom stereocenters. The maximum atomic E-state index is 12.7. The van der Waals surface area contributed by atoms with Crippen LogP contribution in [0.3, 0.4) is 0 Å². The first-order valence-corrected chi connectivity index (χ1v) is 11.0. The van der Waals surface area contributed by atoms with Crippen molar-refractivity contribution in [3.63, 3.8) is 0 Å². The maximum Gasteiger partial charge on any atom is 0.530 e. The summed E-state index contributed by atoms with van der Waals surface area (Å²) in [4.78, 5) is 0. The SMILES string of the molecule is CCCCCCC(C)(C)c1cc(OC)cc(OP(=O)(OCC)OCC)c1. The Morgan fingerprint density at radius 3 is 2.08 bits per heavy atom. The molecule has 0 radical (unpaired) electrons. The van der Waals surface area contributed by atoms with E-state index < -0.39 is 7.82 Å². The number of unbranched alkanes of at least 4 members (excludes halogenated alkanes) is 3. The number of methoxy groups -OCH3 is 1. The van der Waals surface area contributed by atoms with Gasteiger partial charge in [-0.15, -0.1) is 0 Å². The molecule has 0 spiro atoms. The minimum atomic E-state index is -3.63. The van der Waals surface area contributed by atoms with Crippen molar-refractivity contribution in [1.29, 1.82) is 0 Å². The number of rotatable bonds is 13. The van der Waals surface area contributed by atoms with E-state index in [0.717, 1.165) is 12.0 Å². The fourth-order valence-corrected chi connectivity index (χ4v) is 3.98. The standard InChI is InChI=1S/C20H35O5P/c1-7-10-11-12-13-20(4,5)17-14-18(22-6)16-19(15-17)25-26(21,23-8-2)24-9-3/h14-16H,7-13H2,1-6H3. The summed E-state index contributed by atoms with van der Waals surface area (Å²) in [5, 5.41) is 0. The van der Waals surface area contributed by atoms with Gasteiger partial charge in [-0.3, -0.25) is 9.05 Å². The molecule has 0 heterocycles. The van der Waals surface area contributed by atoms with E-state index in [1.807, 2.05) is 12.1 Å². The van der Waals surface area contributed by atoms with E-state index in [1.165, 1.54) is 25.7 Å². The van der Waals surface area contributed by atoms with Crippen molar-refractivity contribution in [3.05, 3.63) is 23.8 Å². The number of benzene rings is 1. The van der Waals surface area contributed by atoms with Gasteiger partial charge in [0.25, 0.3) is 0 Å². The zero-order chi connectivity index (χ0) is 19.6. The summed E-state index contributed by atoms with van der Waals surface area (Å²) in [6, 6.07) is 5.63. The van der Waals surface area contributed by atoms with E-state index >= 15 is 0 Å². The molecule has 0 aliphatic rings. The van der Waals surface area contributed by atoms with Crippen LogP contribution in [0.5, 0.6) is 11.5 Å². The van der Waals surface area contributed by atoms with Gasteiger partial charge in [-0.1, -0.05) is 46.5 Å². The van der Waals surface area contributed by atoms with Crippen molar-refractivity contribution in [2.75, 3.05) is 20.3 Å². The molecule has 0 bridgehead atoms. The Bertz CT molecular complexity index is 576. The molecule has 0 aliphatic heterocycles. The van der Waals surface area contributed by atoms with Crippen molar-refractivity contribution in [2.45, 2.75) is 72.1 Å². The minimum absolute atomic E-state index is 0.0401. The van der Waals surface area contributed by atoms with Gasteiger partial charge in [0.1, 0.15) is 11.5 Å². The predicted octanol–water partition coefficient (Wildman–Crippen LogP) is 6.50. The Morgan fingerprint density at radius 2 is 1.54 bits per heavy atom. The van der Waals surface area contributed by atoms with Gasteiger partial charge in [0.15, 0.2) is 0 Å². The van der Waals surface area contributed by atoms with E-state index in [2.05, 4.69) is 20.8 Å². The maximum absolute atomic E-state index is 12.7. The Morgan fingerprint density at radius 1 is 0.923 bits per heavy atom. The quantitative estimate of drug-likeness (QED) is 0.286. The summed E-state index contributed by atoms with van der Waals surface area (Å²) in [6.07, 6.45) is 5.95. The molecular weight excluding hydrogens is 351 g/mol. The van der Waals surface area contributed by atoms with Crippen molar-refractivity contribution >= 4 is 7.82 Å². The Kier molecular flexibility index (Phi) is 9.70. The molecular formula is C20H35O5P. The molecule has 0 unspecified atom stereocenters. The van der Waals surface area contributed by atoms with Crippen LogP contribution in [0.25, 0.3) is 0 Å². The molecule has 0 saturated heterocycles. The highest BCUT2D eigenvalue weighted by atomic mass is 31.2. The van der Waals surface area contributed by atoms with Crippen molar-refractivity contribution in [2.24, 2.45) is 0 Å². The normalized spacial score (nSPS) is 12.2. The van der Waals surface area contributed by atoms with Crippen LogP contribution in [-0.4, -0.2) is 20.3 Å². The van der Waals surface area contributed by atoms with Gasteiger partial charge in [-0.05, 0) is 43.4 Å². The molecule has 1 rings (SSSR count). The fourth-order valence-electron chi connectivity index (χ4n) is 2.81. The number of hydrogen-bond acceptors (Lipinski definition) is 5. The average molecular weight is 386 g/mol. The van der Waals surface area contributed by atoms with Crippen molar-refractivity contribution in [3.8, 4) is 11.5 Å². The zero-order valence-corrected chi connectivity index (χ0v) is 18.1. The number of phosphoric ester groups is 1. The van der Waals surface area contributed by atoms with Crippen LogP contribution in [-0.2, 0) is 19.0 Å². The lowest BCUT2D eigenvalue weighted by Crippen LogP contribution is -2.17. The lowest BCUT2D eigenvalue weighted by Gasteiger charge is -2.27. The Hall–Kier alpha value is -1.03. The molecule has 0 fully saturated rings. The smallest absolute Gasteiger partial charge is 0.497 e. The first kappa shape index (κ1) is 23.0. The van der Waals surface area contributed by atoms with Crippen LogP contribution < -0.4 is 9.26 Å². The summed E-state index contributed by atoms with van der Waals surface area (Å²) in [5.41, 5.74) is 1.05. The van der Waals surface area contributed by atoms with Crippen LogP contribution in [0, 0.1) is 0 Å². The van der Waals surface area contributed by atoms with E-state index in [0.29, 0.717) is 11.5 Å². The lowest BCUT2D eigenvalue weighted by atomic mass is 9.80. The van der Waals surface area contributed by atoms with E-state index in [-0.39, 0.29) is 18.6 Å². The van der Waals surface area contributed by atoms with Crippen LogP contribution in [0.4, 0.5) is 0 Å². The first-order chi connectivity index (χ1) is 12.3. The van der Waals surface area contributed by atoms with Crippen molar-refractivity contribution in [1.82, 2.24) is 0 Å². The summed E-state index contributed by atoms with van der Waals surface area (Å²) < 4.78 is 34.2. The number of hydrogen-bond donors (Lipinski definition) is 0. The van der Waals surface area contributed by atoms with E-state index in [1.54, 1.807) is 27.0 Å². The van der Waals surface area contributed by atoms with Gasteiger partial charge in [-0.2, -0.15) is 0 Å². The van der Waals surface area contributed by atoms with Gasteiger partial charge in [0.2, 0.25) is 0 Å². The summed E-state index contributed by atoms with van der Waals surface area (Å²) in [6.45, 7) is 10.6. The van der Waals surface area contributed by atoms with Crippen LogP contribution in [0.1, 0.15) is 72.3 Å². The Balaban J connectivity index is 3.04. The van der Waals surface area contributed by atoms with Crippen LogP contribution in [0.15, 0.2) is 18.2 Å². The van der Waals surface area contributed by atoms with Gasteiger partial charge in [0, 0.05) is 6.07 Å². The zero-order valence-electron chi connectivity index (χ0n) is 17.2. The molecule has 1 aromatic rings. The summed E-state index contributed by atoms with van der Waals surface area (Å²) in [7, 11) is -2.02. The molecule has 0 aliphatic carbocycles. The van der Waals surface area contributed by atoms with Crippen LogP contribution in [0.2, 0.25) is 0 Å². The lowest BCUT2D eigenvalue weighted by molar-refractivity contribution is 0.167. The monoisotopic (exact) mass is 386 g/mol. The molecule has 0 saturated carbocycles.